The minimum atomic E-state index is -4.23. The van der Waals surface area contributed by atoms with Gasteiger partial charge in [0.25, 0.3) is 15.7 Å². The maximum Gasteiger partial charge on any atom is 0.270 e. The molecular formula is C21H19BrN4O5S. The van der Waals surface area contributed by atoms with Crippen molar-refractivity contribution in [3.05, 3.63) is 86.9 Å². The Morgan fingerprint density at radius 3 is 2.44 bits per heavy atom. The zero-order chi connectivity index (χ0) is 23.3. The van der Waals surface area contributed by atoms with Crippen LogP contribution in [-0.2, 0) is 10.0 Å². The van der Waals surface area contributed by atoms with Crippen LogP contribution >= 0.6 is 15.9 Å². The molecule has 0 bridgehead atoms. The number of hydrazone groups is 1. The van der Waals surface area contributed by atoms with Gasteiger partial charge in [-0.25, -0.2) is 8.42 Å². The van der Waals surface area contributed by atoms with E-state index in [0.29, 0.717) is 11.5 Å². The van der Waals surface area contributed by atoms with Gasteiger partial charge in [-0.3, -0.25) is 20.3 Å². The topological polar surface area (TPSA) is 123 Å². The van der Waals surface area contributed by atoms with Crippen LogP contribution in [0.5, 0.6) is 5.75 Å². The summed E-state index contributed by atoms with van der Waals surface area (Å²) in [7, 11) is -2.82. The van der Waals surface area contributed by atoms with Crippen molar-refractivity contribution < 1.29 is 18.1 Å². The van der Waals surface area contributed by atoms with E-state index in [4.69, 9.17) is 4.74 Å². The second kappa shape index (κ2) is 9.79. The molecule has 0 aliphatic carbocycles. The Bertz CT molecular complexity index is 1290. The number of nitrogens with zero attached hydrogens (tertiary/aromatic N) is 2. The molecule has 32 heavy (non-hydrogen) atoms. The number of rotatable bonds is 8. The SMILES string of the molecule is COc1ccccc1NS(=O)(=O)c1cc([N+](=O)[O-])ccc1N/N=C(/C)c1ccccc1Br. The van der Waals surface area contributed by atoms with E-state index in [-0.39, 0.29) is 22.0 Å². The molecule has 0 aliphatic heterocycles. The van der Waals surface area contributed by atoms with Gasteiger partial charge in [-0.1, -0.05) is 46.3 Å². The van der Waals surface area contributed by atoms with Crippen LogP contribution in [0.2, 0.25) is 0 Å². The molecule has 0 fully saturated rings. The number of para-hydroxylation sites is 2. The second-order valence-corrected chi connectivity index (χ2v) is 9.04. The largest absolute Gasteiger partial charge is 0.495 e. The van der Waals surface area contributed by atoms with E-state index in [1.54, 1.807) is 25.1 Å². The molecule has 0 aliphatic rings. The van der Waals surface area contributed by atoms with Crippen molar-refractivity contribution in [2.45, 2.75) is 11.8 Å². The molecule has 0 aromatic heterocycles. The normalized spacial score (nSPS) is 11.7. The maximum atomic E-state index is 13.1. The third-order valence-corrected chi connectivity index (χ3v) is 6.52. The van der Waals surface area contributed by atoms with Crippen molar-refractivity contribution >= 4 is 48.7 Å². The molecule has 0 spiro atoms. The first-order valence-electron chi connectivity index (χ1n) is 9.22. The predicted octanol–water partition coefficient (Wildman–Crippen LogP) is 5.00. The lowest BCUT2D eigenvalue weighted by Gasteiger charge is -2.14. The molecule has 0 atom stereocenters. The summed E-state index contributed by atoms with van der Waals surface area (Å²) in [6.45, 7) is 1.75. The van der Waals surface area contributed by atoms with Gasteiger partial charge in [0, 0.05) is 22.2 Å². The molecular weight excluding hydrogens is 500 g/mol. The molecule has 3 aromatic carbocycles. The zero-order valence-electron chi connectivity index (χ0n) is 17.1. The lowest BCUT2D eigenvalue weighted by atomic mass is 10.1. The maximum absolute atomic E-state index is 13.1. The van der Waals surface area contributed by atoms with Gasteiger partial charge >= 0.3 is 0 Å². The smallest absolute Gasteiger partial charge is 0.270 e. The Labute approximate surface area is 193 Å². The summed E-state index contributed by atoms with van der Waals surface area (Å²) in [5, 5.41) is 15.5. The quantitative estimate of drug-likeness (QED) is 0.245. The monoisotopic (exact) mass is 518 g/mol. The first-order valence-corrected chi connectivity index (χ1v) is 11.5. The number of nitro benzene ring substituents is 1. The summed E-state index contributed by atoms with van der Waals surface area (Å²) in [6, 6.07) is 17.3. The lowest BCUT2D eigenvalue weighted by molar-refractivity contribution is -0.385. The summed E-state index contributed by atoms with van der Waals surface area (Å²) >= 11 is 3.44. The highest BCUT2D eigenvalue weighted by molar-refractivity contribution is 9.10. The van der Waals surface area contributed by atoms with Crippen LogP contribution in [0.3, 0.4) is 0 Å². The Hall–Kier alpha value is -3.44. The van der Waals surface area contributed by atoms with E-state index in [9.17, 15) is 18.5 Å². The molecule has 0 radical (unpaired) electrons. The van der Waals surface area contributed by atoms with Gasteiger partial charge in [0.1, 0.15) is 10.6 Å². The lowest BCUT2D eigenvalue weighted by Crippen LogP contribution is -2.16. The van der Waals surface area contributed by atoms with E-state index in [1.807, 2.05) is 24.3 Å². The molecule has 0 heterocycles. The summed E-state index contributed by atoms with van der Waals surface area (Å²) in [6.07, 6.45) is 0. The minimum Gasteiger partial charge on any atom is -0.495 e. The molecule has 3 rings (SSSR count). The van der Waals surface area contributed by atoms with E-state index >= 15 is 0 Å². The Morgan fingerprint density at radius 2 is 1.75 bits per heavy atom. The fraction of sp³-hybridized carbons (Fsp3) is 0.0952. The van der Waals surface area contributed by atoms with Gasteiger partial charge in [0.2, 0.25) is 0 Å². The number of sulfonamides is 1. The molecule has 0 amide bonds. The zero-order valence-corrected chi connectivity index (χ0v) is 19.5. The molecule has 2 N–H and O–H groups in total. The van der Waals surface area contributed by atoms with Crippen LogP contribution < -0.4 is 14.9 Å². The number of non-ortho nitro benzene ring substituents is 1. The van der Waals surface area contributed by atoms with Crippen LogP contribution in [0.1, 0.15) is 12.5 Å². The molecule has 9 nitrogen and oxygen atoms in total. The van der Waals surface area contributed by atoms with Crippen molar-refractivity contribution in [2.24, 2.45) is 5.10 Å². The third-order valence-electron chi connectivity index (χ3n) is 4.42. The molecule has 166 valence electrons. The van der Waals surface area contributed by atoms with Gasteiger partial charge in [-0.05, 0) is 31.2 Å². The second-order valence-electron chi connectivity index (χ2n) is 6.53. The summed E-state index contributed by atoms with van der Waals surface area (Å²) < 4.78 is 34.7. The van der Waals surface area contributed by atoms with Crippen molar-refractivity contribution in [1.82, 2.24) is 0 Å². The predicted molar refractivity (Wildman–Crippen MR) is 127 cm³/mol. The Morgan fingerprint density at radius 1 is 1.06 bits per heavy atom. The summed E-state index contributed by atoms with van der Waals surface area (Å²) in [5.74, 6) is 0.304. The number of hydrogen-bond donors (Lipinski definition) is 2. The number of methoxy groups -OCH3 is 1. The van der Waals surface area contributed by atoms with Crippen molar-refractivity contribution in [3.63, 3.8) is 0 Å². The highest BCUT2D eigenvalue weighted by atomic mass is 79.9. The number of nitro groups is 1. The Balaban J connectivity index is 2.02. The number of anilines is 2. The summed E-state index contributed by atoms with van der Waals surface area (Å²) in [4.78, 5) is 10.3. The minimum absolute atomic E-state index is 0.0735. The van der Waals surface area contributed by atoms with Gasteiger partial charge < -0.3 is 4.74 Å². The van der Waals surface area contributed by atoms with E-state index < -0.39 is 14.9 Å². The van der Waals surface area contributed by atoms with Gasteiger partial charge in [-0.2, -0.15) is 5.10 Å². The fourth-order valence-corrected chi connectivity index (χ4v) is 4.65. The van der Waals surface area contributed by atoms with Crippen molar-refractivity contribution in [3.8, 4) is 5.75 Å². The molecule has 0 unspecified atom stereocenters. The number of nitrogens with one attached hydrogen (secondary N) is 2. The van der Waals surface area contributed by atoms with Gasteiger partial charge in [0.05, 0.1) is 29.1 Å². The number of ether oxygens (including phenoxy) is 1. The van der Waals surface area contributed by atoms with Crippen LogP contribution in [0, 0.1) is 10.1 Å². The number of hydrogen-bond acceptors (Lipinski definition) is 7. The van der Waals surface area contributed by atoms with Gasteiger partial charge in [0.15, 0.2) is 0 Å². The fourth-order valence-electron chi connectivity index (χ4n) is 2.83. The van der Waals surface area contributed by atoms with Crippen LogP contribution in [0.25, 0.3) is 0 Å². The van der Waals surface area contributed by atoms with E-state index in [2.05, 4.69) is 31.2 Å². The first-order chi connectivity index (χ1) is 15.2. The van der Waals surface area contributed by atoms with Crippen molar-refractivity contribution in [1.29, 1.82) is 0 Å². The van der Waals surface area contributed by atoms with E-state index in [0.717, 1.165) is 16.1 Å². The highest BCUT2D eigenvalue weighted by Gasteiger charge is 2.24. The van der Waals surface area contributed by atoms with Crippen LogP contribution in [0.4, 0.5) is 17.1 Å². The van der Waals surface area contributed by atoms with E-state index in [1.165, 1.54) is 25.3 Å². The van der Waals surface area contributed by atoms with Crippen LogP contribution in [-0.4, -0.2) is 26.2 Å². The average Bonchev–Trinajstić information content (AvgIpc) is 2.77. The Kier molecular flexibility index (Phi) is 7.11. The third kappa shape index (κ3) is 5.24. The standard InChI is InChI=1S/C21H19BrN4O5S/c1-14(16-7-3-4-8-17(16)22)23-24-19-12-11-15(26(27)28)13-21(19)32(29,30)25-18-9-5-6-10-20(18)31-2/h3-13,24-25H,1-2H3/b23-14-. The average molecular weight is 519 g/mol. The molecule has 11 heteroatoms. The van der Waals surface area contributed by atoms with Crippen LogP contribution in [0.15, 0.2) is 81.2 Å². The first kappa shape index (κ1) is 23.2. The van der Waals surface area contributed by atoms with Gasteiger partial charge in [-0.15, -0.1) is 0 Å². The molecule has 0 saturated heterocycles. The molecule has 3 aromatic rings. The van der Waals surface area contributed by atoms with Crippen molar-refractivity contribution in [2.75, 3.05) is 17.3 Å². The molecule has 0 saturated carbocycles. The summed E-state index contributed by atoms with van der Waals surface area (Å²) in [5.41, 5.74) is 4.00. The highest BCUT2D eigenvalue weighted by Crippen LogP contribution is 2.31. The number of halogens is 1. The number of benzene rings is 3.